The summed E-state index contributed by atoms with van der Waals surface area (Å²) in [5.74, 6) is 2.17. The lowest BCUT2D eigenvalue weighted by molar-refractivity contribution is -0.113. The molecule has 4 rings (SSSR count). The highest BCUT2D eigenvalue weighted by molar-refractivity contribution is 7.99. The zero-order chi connectivity index (χ0) is 23.8. The van der Waals surface area contributed by atoms with Crippen LogP contribution in [0.1, 0.15) is 16.3 Å². The molecular weight excluding hydrogens is 468 g/mol. The Kier molecular flexibility index (Phi) is 8.21. The minimum atomic E-state index is -0.130. The van der Waals surface area contributed by atoms with E-state index in [1.54, 1.807) is 43.8 Å². The van der Waals surface area contributed by atoms with Gasteiger partial charge in [-0.15, -0.1) is 21.5 Å². The molecule has 4 aromatic rings. The van der Waals surface area contributed by atoms with Crippen LogP contribution in [0.4, 0.5) is 5.69 Å². The number of aryl methyl sites for hydroxylation is 1. The Bertz CT molecular complexity index is 1210. The lowest BCUT2D eigenvalue weighted by Crippen LogP contribution is -2.15. The summed E-state index contributed by atoms with van der Waals surface area (Å²) in [6, 6.07) is 19.8. The molecule has 0 radical (unpaired) electrons. The first-order chi connectivity index (χ1) is 16.7. The number of aromatic nitrogens is 3. The molecule has 0 aliphatic carbocycles. The van der Waals surface area contributed by atoms with Crippen molar-refractivity contribution >= 4 is 34.7 Å². The molecule has 1 amide bonds. The van der Waals surface area contributed by atoms with Crippen LogP contribution in [-0.2, 0) is 24.2 Å². The first kappa shape index (κ1) is 23.8. The molecule has 0 saturated carbocycles. The summed E-state index contributed by atoms with van der Waals surface area (Å²) in [6.07, 6.45) is 1.58. The summed E-state index contributed by atoms with van der Waals surface area (Å²) < 4.78 is 12.7. The van der Waals surface area contributed by atoms with Crippen molar-refractivity contribution < 1.29 is 14.3 Å². The van der Waals surface area contributed by atoms with Gasteiger partial charge in [-0.1, -0.05) is 48.2 Å². The highest BCUT2D eigenvalue weighted by Crippen LogP contribution is 2.30. The fourth-order valence-electron chi connectivity index (χ4n) is 3.48. The maximum Gasteiger partial charge on any atom is 0.234 e. The fraction of sp³-hybridized carbons (Fsp3) is 0.240. The van der Waals surface area contributed by atoms with E-state index >= 15 is 0 Å². The van der Waals surface area contributed by atoms with Crippen molar-refractivity contribution in [3.05, 3.63) is 82.3 Å². The summed E-state index contributed by atoms with van der Waals surface area (Å²) in [6.45, 7) is 0.747. The average molecular weight is 495 g/mol. The van der Waals surface area contributed by atoms with Gasteiger partial charge in [-0.05, 0) is 35.6 Å². The van der Waals surface area contributed by atoms with Crippen molar-refractivity contribution in [2.75, 3.05) is 25.3 Å². The smallest absolute Gasteiger partial charge is 0.234 e. The van der Waals surface area contributed by atoms with Gasteiger partial charge in [-0.3, -0.25) is 4.79 Å². The van der Waals surface area contributed by atoms with E-state index in [0.717, 1.165) is 30.4 Å². The molecule has 0 aliphatic rings. The number of nitrogens with one attached hydrogen (secondary N) is 1. The monoisotopic (exact) mass is 494 g/mol. The Balaban J connectivity index is 1.44. The van der Waals surface area contributed by atoms with Gasteiger partial charge in [-0.25, -0.2) is 0 Å². The van der Waals surface area contributed by atoms with Crippen molar-refractivity contribution in [1.29, 1.82) is 0 Å². The van der Waals surface area contributed by atoms with Crippen molar-refractivity contribution in [2.24, 2.45) is 0 Å². The summed E-state index contributed by atoms with van der Waals surface area (Å²) >= 11 is 3.09. The second kappa shape index (κ2) is 11.7. The molecular formula is C25H26N4O3S2. The van der Waals surface area contributed by atoms with Gasteiger partial charge < -0.3 is 19.4 Å². The van der Waals surface area contributed by atoms with E-state index in [0.29, 0.717) is 17.2 Å². The summed E-state index contributed by atoms with van der Waals surface area (Å²) in [7, 11) is 3.14. The minimum Gasteiger partial charge on any atom is -0.493 e. The molecule has 0 unspecified atom stereocenters. The summed E-state index contributed by atoms with van der Waals surface area (Å²) in [4.78, 5) is 13.9. The molecule has 34 heavy (non-hydrogen) atoms. The van der Waals surface area contributed by atoms with Gasteiger partial charge in [0, 0.05) is 29.6 Å². The van der Waals surface area contributed by atoms with E-state index in [4.69, 9.17) is 9.47 Å². The molecule has 9 heteroatoms. The van der Waals surface area contributed by atoms with Crippen LogP contribution in [0.25, 0.3) is 0 Å². The third-order valence-corrected chi connectivity index (χ3v) is 7.02. The lowest BCUT2D eigenvalue weighted by atomic mass is 10.1. The predicted octanol–water partition coefficient (Wildman–Crippen LogP) is 4.92. The van der Waals surface area contributed by atoms with Crippen molar-refractivity contribution in [2.45, 2.75) is 24.5 Å². The number of carbonyl (C=O) groups excluding carboxylic acids is 1. The van der Waals surface area contributed by atoms with Gasteiger partial charge in [0.25, 0.3) is 0 Å². The molecule has 0 aliphatic heterocycles. The Morgan fingerprint density at radius 1 is 1.03 bits per heavy atom. The molecule has 1 N–H and O–H groups in total. The zero-order valence-electron chi connectivity index (χ0n) is 19.1. The number of carbonyl (C=O) groups is 1. The average Bonchev–Trinajstić information content (AvgIpc) is 3.52. The number of methoxy groups -OCH3 is 2. The molecule has 0 spiro atoms. The first-order valence-corrected chi connectivity index (χ1v) is 12.7. The van der Waals surface area contributed by atoms with Gasteiger partial charge in [0.2, 0.25) is 5.91 Å². The van der Waals surface area contributed by atoms with E-state index in [2.05, 4.69) is 43.7 Å². The topological polar surface area (TPSA) is 78.3 Å². The zero-order valence-corrected chi connectivity index (χ0v) is 20.7. The molecule has 2 aromatic carbocycles. The maximum absolute atomic E-state index is 12.6. The normalized spacial score (nSPS) is 10.8. The molecule has 176 valence electrons. The number of hydrogen-bond donors (Lipinski definition) is 1. The lowest BCUT2D eigenvalue weighted by Gasteiger charge is -2.11. The van der Waals surface area contributed by atoms with Crippen LogP contribution >= 0.6 is 23.1 Å². The number of rotatable bonds is 11. The van der Waals surface area contributed by atoms with Crippen LogP contribution in [0.5, 0.6) is 11.5 Å². The van der Waals surface area contributed by atoms with Crippen molar-refractivity contribution in [3.8, 4) is 11.5 Å². The number of amides is 1. The van der Waals surface area contributed by atoms with Crippen LogP contribution in [0.15, 0.2) is 71.2 Å². The van der Waals surface area contributed by atoms with Crippen LogP contribution in [-0.4, -0.2) is 40.6 Å². The standard InChI is InChI=1S/C25H26N4O3S2/c1-31-21-11-10-19(15-22(21)32-2)26-24(30)17-34-25-28-27-23(16-20-9-6-14-33-20)29(25)13-12-18-7-4-3-5-8-18/h3-11,14-15H,12-13,16-17H2,1-2H3,(H,26,30). The second-order valence-electron chi connectivity index (χ2n) is 7.45. The maximum atomic E-state index is 12.6. The summed E-state index contributed by atoms with van der Waals surface area (Å²) in [5.41, 5.74) is 1.90. The number of hydrogen-bond acceptors (Lipinski definition) is 7. The molecule has 0 fully saturated rings. The number of thioether (sulfide) groups is 1. The van der Waals surface area contributed by atoms with Gasteiger partial charge in [-0.2, -0.15) is 0 Å². The highest BCUT2D eigenvalue weighted by atomic mass is 32.2. The van der Waals surface area contributed by atoms with Crippen LogP contribution < -0.4 is 14.8 Å². The van der Waals surface area contributed by atoms with E-state index < -0.39 is 0 Å². The Hall–Kier alpha value is -3.30. The fourth-order valence-corrected chi connectivity index (χ4v) is 4.96. The van der Waals surface area contributed by atoms with E-state index in [1.807, 2.05) is 24.3 Å². The number of benzene rings is 2. The SMILES string of the molecule is COc1ccc(NC(=O)CSc2nnc(Cc3cccs3)n2CCc2ccccc2)cc1OC. The van der Waals surface area contributed by atoms with Crippen LogP contribution in [0.2, 0.25) is 0 Å². The third-order valence-electron chi connectivity index (χ3n) is 5.17. The molecule has 0 bridgehead atoms. The first-order valence-electron chi connectivity index (χ1n) is 10.8. The Labute approximate surface area is 207 Å². The van der Waals surface area contributed by atoms with Crippen molar-refractivity contribution in [1.82, 2.24) is 14.8 Å². The van der Waals surface area contributed by atoms with Gasteiger partial charge >= 0.3 is 0 Å². The molecule has 2 aromatic heterocycles. The number of thiophene rings is 1. The minimum absolute atomic E-state index is 0.130. The largest absolute Gasteiger partial charge is 0.493 e. The second-order valence-corrected chi connectivity index (χ2v) is 9.42. The summed E-state index contributed by atoms with van der Waals surface area (Å²) in [5, 5.41) is 14.6. The van der Waals surface area contributed by atoms with Gasteiger partial charge in [0.05, 0.1) is 20.0 Å². The molecule has 7 nitrogen and oxygen atoms in total. The quantitative estimate of drug-likeness (QED) is 0.298. The van der Waals surface area contributed by atoms with E-state index in [9.17, 15) is 4.79 Å². The van der Waals surface area contributed by atoms with Crippen LogP contribution in [0, 0.1) is 0 Å². The van der Waals surface area contributed by atoms with E-state index in [-0.39, 0.29) is 11.7 Å². The van der Waals surface area contributed by atoms with Gasteiger partial charge in [0.15, 0.2) is 16.7 Å². The number of nitrogens with zero attached hydrogens (tertiary/aromatic N) is 3. The molecule has 0 atom stereocenters. The van der Waals surface area contributed by atoms with E-state index in [1.165, 1.54) is 22.2 Å². The third kappa shape index (κ3) is 6.18. The number of anilines is 1. The highest BCUT2D eigenvalue weighted by Gasteiger charge is 2.16. The van der Waals surface area contributed by atoms with Crippen molar-refractivity contribution in [3.63, 3.8) is 0 Å². The number of ether oxygens (including phenoxy) is 2. The van der Waals surface area contributed by atoms with Gasteiger partial charge in [0.1, 0.15) is 5.82 Å². The molecule has 2 heterocycles. The molecule has 0 saturated heterocycles. The predicted molar refractivity (Wildman–Crippen MR) is 136 cm³/mol. The van der Waals surface area contributed by atoms with Crippen LogP contribution in [0.3, 0.4) is 0 Å². The Morgan fingerprint density at radius 2 is 1.85 bits per heavy atom. The Morgan fingerprint density at radius 3 is 2.59 bits per heavy atom.